The van der Waals surface area contributed by atoms with Crippen molar-refractivity contribution in [1.29, 1.82) is 0 Å². The Morgan fingerprint density at radius 1 is 1.15 bits per heavy atom. The number of esters is 1. The third kappa shape index (κ3) is 3.13. The number of β-lactam (4-membered cyclic amide) rings is 1. The Balaban J connectivity index is 1.90. The molecule has 2 aliphatic rings. The molecule has 7 nitrogen and oxygen atoms in total. The fourth-order valence-corrected chi connectivity index (χ4v) is 4.04. The number of carbonyl (C=O) groups is 4. The highest BCUT2D eigenvalue weighted by Crippen LogP contribution is 2.50. The Bertz CT molecular complexity index is 854. The first-order valence-corrected chi connectivity index (χ1v) is 8.79. The van der Waals surface area contributed by atoms with Crippen LogP contribution in [0.5, 0.6) is 0 Å². The first kappa shape index (κ1) is 18.8. The molecule has 1 saturated heterocycles. The number of carboxylic acids is 1. The van der Waals surface area contributed by atoms with E-state index in [1.54, 1.807) is 24.3 Å². The second kappa shape index (κ2) is 6.98. The van der Waals surface area contributed by atoms with Crippen molar-refractivity contribution >= 4 is 29.2 Å². The van der Waals surface area contributed by atoms with Crippen molar-refractivity contribution in [3.05, 3.63) is 41.1 Å². The van der Waals surface area contributed by atoms with Gasteiger partial charge in [0.2, 0.25) is 5.91 Å². The third-order valence-corrected chi connectivity index (χ3v) is 5.27. The molecule has 1 fully saturated rings. The molecule has 1 aromatic rings. The van der Waals surface area contributed by atoms with Crippen LogP contribution in [0.4, 0.5) is 0 Å². The normalized spacial score (nSPS) is 23.7. The largest absolute Gasteiger partial charge is 0.477 e. The molecule has 0 aromatic heterocycles. The van der Waals surface area contributed by atoms with E-state index in [9.17, 15) is 24.3 Å². The average molecular weight is 371 g/mol. The summed E-state index contributed by atoms with van der Waals surface area (Å²) in [6.07, 6.45) is 0.368. The van der Waals surface area contributed by atoms with E-state index in [1.807, 2.05) is 6.92 Å². The van der Waals surface area contributed by atoms with Gasteiger partial charge in [-0.1, -0.05) is 31.2 Å². The lowest BCUT2D eigenvalue weighted by Crippen LogP contribution is -2.60. The van der Waals surface area contributed by atoms with Crippen molar-refractivity contribution in [1.82, 2.24) is 4.90 Å². The molecule has 142 valence electrons. The van der Waals surface area contributed by atoms with Crippen LogP contribution < -0.4 is 0 Å². The summed E-state index contributed by atoms with van der Waals surface area (Å²) < 4.78 is 4.93. The molecule has 0 radical (unpaired) electrons. The van der Waals surface area contributed by atoms with E-state index >= 15 is 0 Å². The predicted octanol–water partition coefficient (Wildman–Crippen LogP) is 2.11. The van der Waals surface area contributed by atoms with E-state index in [0.29, 0.717) is 23.1 Å². The first-order chi connectivity index (χ1) is 12.7. The minimum absolute atomic E-state index is 0.00295. The zero-order valence-electron chi connectivity index (χ0n) is 15.4. The van der Waals surface area contributed by atoms with Crippen LogP contribution in [0.3, 0.4) is 0 Å². The summed E-state index contributed by atoms with van der Waals surface area (Å²) in [6.45, 7) is 4.80. The maximum absolute atomic E-state index is 12.5. The Labute approximate surface area is 156 Å². The summed E-state index contributed by atoms with van der Waals surface area (Å²) >= 11 is 0. The van der Waals surface area contributed by atoms with Gasteiger partial charge in [-0.15, -0.1) is 0 Å². The number of aliphatic carboxylic acids is 1. The van der Waals surface area contributed by atoms with Gasteiger partial charge < -0.3 is 14.7 Å². The summed E-state index contributed by atoms with van der Waals surface area (Å²) in [7, 11) is 0. The Hall–Kier alpha value is -2.96. The lowest BCUT2D eigenvalue weighted by Gasteiger charge is -2.45. The number of ether oxygens (including phenoxy) is 1. The highest BCUT2D eigenvalue weighted by molar-refractivity contribution is 6.06. The molecule has 1 N–H and O–H groups in total. The van der Waals surface area contributed by atoms with Gasteiger partial charge in [0, 0.05) is 18.4 Å². The molecule has 3 rings (SSSR count). The number of carbonyl (C=O) groups excluding carboxylic acids is 3. The van der Waals surface area contributed by atoms with Crippen molar-refractivity contribution in [2.45, 2.75) is 33.2 Å². The minimum atomic E-state index is -1.15. The number of rotatable bonds is 6. The second-order valence-electron chi connectivity index (χ2n) is 6.92. The van der Waals surface area contributed by atoms with Gasteiger partial charge in [-0.05, 0) is 24.5 Å². The number of ketones is 1. The molecule has 27 heavy (non-hydrogen) atoms. The summed E-state index contributed by atoms with van der Waals surface area (Å²) in [5.74, 6) is -2.44. The highest BCUT2D eigenvalue weighted by Gasteiger charge is 2.58. The Morgan fingerprint density at radius 3 is 2.30 bits per heavy atom. The van der Waals surface area contributed by atoms with Gasteiger partial charge in [0.1, 0.15) is 5.70 Å². The van der Waals surface area contributed by atoms with Gasteiger partial charge in [0.25, 0.3) is 0 Å². The lowest BCUT2D eigenvalue weighted by molar-refractivity contribution is -0.159. The molecule has 1 amide bonds. The second-order valence-corrected chi connectivity index (χ2v) is 6.92. The number of fused-ring (bicyclic) bond motifs is 1. The molecule has 0 unspecified atom stereocenters. The Morgan fingerprint density at radius 2 is 1.78 bits per heavy atom. The van der Waals surface area contributed by atoms with Gasteiger partial charge in [-0.3, -0.25) is 14.4 Å². The number of hydrogen-bond donors (Lipinski definition) is 1. The van der Waals surface area contributed by atoms with Crippen LogP contribution in [0, 0.1) is 11.8 Å². The number of nitrogens with zero attached hydrogens (tertiary/aromatic N) is 1. The topological polar surface area (TPSA) is 101 Å². The maximum Gasteiger partial charge on any atom is 0.352 e. The zero-order valence-corrected chi connectivity index (χ0v) is 15.4. The van der Waals surface area contributed by atoms with E-state index in [4.69, 9.17) is 4.74 Å². The smallest absolute Gasteiger partial charge is 0.352 e. The lowest BCUT2D eigenvalue weighted by atomic mass is 9.78. The van der Waals surface area contributed by atoms with Crippen molar-refractivity contribution in [2.24, 2.45) is 11.8 Å². The Kier molecular flexibility index (Phi) is 4.87. The molecule has 0 bridgehead atoms. The van der Waals surface area contributed by atoms with Crippen LogP contribution in [-0.4, -0.2) is 46.3 Å². The molecule has 0 saturated carbocycles. The zero-order chi connectivity index (χ0) is 19.9. The van der Waals surface area contributed by atoms with Crippen LogP contribution in [0.2, 0.25) is 0 Å². The minimum Gasteiger partial charge on any atom is -0.477 e. The molecule has 2 aliphatic heterocycles. The van der Waals surface area contributed by atoms with Crippen molar-refractivity contribution in [3.63, 3.8) is 0 Å². The van der Waals surface area contributed by atoms with Crippen molar-refractivity contribution < 1.29 is 29.0 Å². The van der Waals surface area contributed by atoms with Crippen LogP contribution in [0.15, 0.2) is 30.0 Å². The monoisotopic (exact) mass is 371 g/mol. The summed E-state index contributed by atoms with van der Waals surface area (Å²) in [5, 5.41) is 9.71. The van der Waals surface area contributed by atoms with Gasteiger partial charge >= 0.3 is 11.9 Å². The SMILES string of the molecule is CC(=O)OCC[C@@H]1C(=O)N2C(C(=O)O)=C(c3ccc(C(C)=O)cc3)[C@H](C)[C@H]12. The molecule has 3 atom stereocenters. The molecular weight excluding hydrogens is 350 g/mol. The first-order valence-electron chi connectivity index (χ1n) is 8.79. The van der Waals surface area contributed by atoms with Crippen LogP contribution >= 0.6 is 0 Å². The number of benzene rings is 1. The summed E-state index contributed by atoms with van der Waals surface area (Å²) in [5.41, 5.74) is 1.81. The van der Waals surface area contributed by atoms with E-state index in [2.05, 4.69) is 0 Å². The fraction of sp³-hybridized carbons (Fsp3) is 0.400. The molecule has 7 heteroatoms. The summed E-state index contributed by atoms with van der Waals surface area (Å²) in [6, 6.07) is 6.49. The number of carboxylic acid groups (broad SMARTS) is 1. The van der Waals surface area contributed by atoms with E-state index < -0.39 is 11.9 Å². The molecule has 0 aliphatic carbocycles. The van der Waals surface area contributed by atoms with Crippen molar-refractivity contribution in [3.8, 4) is 0 Å². The number of Topliss-reactive ketones (excluding diaryl/α,β-unsaturated/α-hetero) is 1. The quantitative estimate of drug-likeness (QED) is 0.467. The van der Waals surface area contributed by atoms with Gasteiger partial charge in [-0.2, -0.15) is 0 Å². The fourth-order valence-electron chi connectivity index (χ4n) is 4.04. The van der Waals surface area contributed by atoms with Crippen molar-refractivity contribution in [2.75, 3.05) is 6.61 Å². The van der Waals surface area contributed by atoms with E-state index in [-0.39, 0.29) is 41.9 Å². The van der Waals surface area contributed by atoms with Crippen LogP contribution in [0.25, 0.3) is 5.57 Å². The van der Waals surface area contributed by atoms with Gasteiger partial charge in [0.15, 0.2) is 5.78 Å². The van der Waals surface area contributed by atoms with E-state index in [1.165, 1.54) is 18.7 Å². The van der Waals surface area contributed by atoms with Gasteiger partial charge in [-0.25, -0.2) is 4.79 Å². The molecular formula is C20H21NO6. The average Bonchev–Trinajstić information content (AvgIpc) is 2.88. The van der Waals surface area contributed by atoms with E-state index in [0.717, 1.165) is 0 Å². The number of hydrogen-bond acceptors (Lipinski definition) is 5. The molecule has 1 aromatic carbocycles. The third-order valence-electron chi connectivity index (χ3n) is 5.27. The van der Waals surface area contributed by atoms with Crippen LogP contribution in [0.1, 0.15) is 43.1 Å². The van der Waals surface area contributed by atoms with Gasteiger partial charge in [0.05, 0.1) is 18.6 Å². The maximum atomic E-state index is 12.5. The summed E-state index contributed by atoms with van der Waals surface area (Å²) in [4.78, 5) is 48.2. The molecule has 0 spiro atoms. The van der Waals surface area contributed by atoms with Crippen LogP contribution in [-0.2, 0) is 19.1 Å². The molecule has 2 heterocycles. The highest BCUT2D eigenvalue weighted by atomic mass is 16.5. The standard InChI is InChI=1S/C20H21NO6/c1-10-16(14-6-4-13(5-7-14)11(2)22)18(20(25)26)21-17(10)15(19(21)24)8-9-27-12(3)23/h4-7,10,15,17H,8-9H2,1-3H3,(H,25,26)/t10-,15-,17+/m0/s1. The number of amides is 1. The predicted molar refractivity (Wildman–Crippen MR) is 95.5 cm³/mol.